The zero-order valence-corrected chi connectivity index (χ0v) is 13.6. The Balaban J connectivity index is 1.77. The molecule has 4 nitrogen and oxygen atoms in total. The number of hydrogen-bond donors (Lipinski definition) is 1. The van der Waals surface area contributed by atoms with Crippen LogP contribution in [-0.2, 0) is 4.79 Å². The standard InChI is InChI=1S/C16H15NO3S2/c1-21-15-9-14-13(19-5-6-20-14)8-12(15)17-16(18)3-2-11-4-7-22-10-11/h2-4,7-10H,5-6H2,1H3,(H,17,18). The fourth-order valence-corrected chi connectivity index (χ4v) is 3.24. The quantitative estimate of drug-likeness (QED) is 0.681. The van der Waals surface area contributed by atoms with Gasteiger partial charge in [-0.15, -0.1) is 11.8 Å². The highest BCUT2D eigenvalue weighted by Gasteiger charge is 2.16. The number of nitrogens with one attached hydrogen (secondary N) is 1. The molecule has 3 rings (SSSR count). The molecule has 1 aliphatic heterocycles. The topological polar surface area (TPSA) is 47.6 Å². The van der Waals surface area contributed by atoms with E-state index < -0.39 is 0 Å². The van der Waals surface area contributed by atoms with Gasteiger partial charge in [0.25, 0.3) is 0 Å². The molecule has 1 aliphatic rings. The Morgan fingerprint density at radius 1 is 1.32 bits per heavy atom. The first-order valence-electron chi connectivity index (χ1n) is 6.75. The lowest BCUT2D eigenvalue weighted by molar-refractivity contribution is -0.111. The van der Waals surface area contributed by atoms with Crippen LogP contribution in [0.2, 0.25) is 0 Å². The van der Waals surface area contributed by atoms with Gasteiger partial charge in [0.15, 0.2) is 11.5 Å². The number of hydrogen-bond acceptors (Lipinski definition) is 5. The van der Waals surface area contributed by atoms with E-state index in [0.717, 1.165) is 21.9 Å². The smallest absolute Gasteiger partial charge is 0.248 e. The van der Waals surface area contributed by atoms with Crippen molar-refractivity contribution in [2.75, 3.05) is 24.8 Å². The van der Waals surface area contributed by atoms with Crippen molar-refractivity contribution in [3.63, 3.8) is 0 Å². The van der Waals surface area contributed by atoms with E-state index in [1.807, 2.05) is 35.2 Å². The molecule has 0 spiro atoms. The molecule has 0 atom stereocenters. The maximum absolute atomic E-state index is 12.1. The Morgan fingerprint density at radius 2 is 2.09 bits per heavy atom. The van der Waals surface area contributed by atoms with Crippen molar-refractivity contribution in [3.8, 4) is 11.5 Å². The summed E-state index contributed by atoms with van der Waals surface area (Å²) in [5.41, 5.74) is 1.75. The molecule has 0 radical (unpaired) electrons. The molecule has 1 amide bonds. The zero-order valence-electron chi connectivity index (χ0n) is 12.0. The summed E-state index contributed by atoms with van der Waals surface area (Å²) in [4.78, 5) is 13.0. The highest BCUT2D eigenvalue weighted by molar-refractivity contribution is 7.98. The Bertz CT molecular complexity index is 696. The second-order valence-corrected chi connectivity index (χ2v) is 6.20. The van der Waals surface area contributed by atoms with E-state index in [2.05, 4.69) is 5.32 Å². The van der Waals surface area contributed by atoms with Gasteiger partial charge in [-0.05, 0) is 40.8 Å². The monoisotopic (exact) mass is 333 g/mol. The third-order valence-electron chi connectivity index (χ3n) is 3.09. The molecule has 0 saturated heterocycles. The largest absolute Gasteiger partial charge is 0.486 e. The van der Waals surface area contributed by atoms with E-state index >= 15 is 0 Å². The highest BCUT2D eigenvalue weighted by atomic mass is 32.2. The van der Waals surface area contributed by atoms with Gasteiger partial charge < -0.3 is 14.8 Å². The van der Waals surface area contributed by atoms with Crippen LogP contribution in [0.15, 0.2) is 39.9 Å². The SMILES string of the molecule is CSc1cc2c(cc1NC(=O)C=Cc1ccsc1)OCCO2. The average Bonchev–Trinajstić information content (AvgIpc) is 3.05. The summed E-state index contributed by atoms with van der Waals surface area (Å²) in [7, 11) is 0. The fourth-order valence-electron chi connectivity index (χ4n) is 2.05. The van der Waals surface area contributed by atoms with Crippen molar-refractivity contribution in [1.29, 1.82) is 0 Å². The minimum absolute atomic E-state index is 0.168. The van der Waals surface area contributed by atoms with Gasteiger partial charge in [-0.25, -0.2) is 0 Å². The highest BCUT2D eigenvalue weighted by Crippen LogP contribution is 2.39. The molecule has 2 aromatic rings. The summed E-state index contributed by atoms with van der Waals surface area (Å²) in [5.74, 6) is 1.22. The van der Waals surface area contributed by atoms with Gasteiger partial charge in [0, 0.05) is 17.0 Å². The van der Waals surface area contributed by atoms with Gasteiger partial charge in [0.2, 0.25) is 5.91 Å². The third-order valence-corrected chi connectivity index (χ3v) is 4.57. The van der Waals surface area contributed by atoms with Crippen LogP contribution in [0.1, 0.15) is 5.56 Å². The fraction of sp³-hybridized carbons (Fsp3) is 0.188. The molecule has 0 bridgehead atoms. The van der Waals surface area contributed by atoms with Gasteiger partial charge >= 0.3 is 0 Å². The lowest BCUT2D eigenvalue weighted by atomic mass is 10.2. The van der Waals surface area contributed by atoms with Crippen LogP contribution >= 0.6 is 23.1 Å². The summed E-state index contributed by atoms with van der Waals surface area (Å²) >= 11 is 3.15. The van der Waals surface area contributed by atoms with E-state index in [1.54, 1.807) is 29.2 Å². The summed E-state index contributed by atoms with van der Waals surface area (Å²) < 4.78 is 11.1. The first-order valence-corrected chi connectivity index (χ1v) is 8.92. The van der Waals surface area contributed by atoms with E-state index in [4.69, 9.17) is 9.47 Å². The van der Waals surface area contributed by atoms with Crippen LogP contribution in [0.25, 0.3) is 6.08 Å². The van der Waals surface area contributed by atoms with Crippen LogP contribution in [0, 0.1) is 0 Å². The van der Waals surface area contributed by atoms with Crippen molar-refractivity contribution >= 4 is 40.8 Å². The molecule has 1 aromatic carbocycles. The van der Waals surface area contributed by atoms with Crippen LogP contribution in [0.4, 0.5) is 5.69 Å². The van der Waals surface area contributed by atoms with E-state index in [9.17, 15) is 4.79 Å². The number of thioether (sulfide) groups is 1. The predicted octanol–water partition coefficient (Wildman–Crippen LogP) is 3.89. The van der Waals surface area contributed by atoms with Gasteiger partial charge in [-0.2, -0.15) is 11.3 Å². The number of fused-ring (bicyclic) bond motifs is 1. The number of thiophene rings is 1. The van der Waals surface area contributed by atoms with Gasteiger partial charge in [0.05, 0.1) is 5.69 Å². The molecule has 1 N–H and O–H groups in total. The van der Waals surface area contributed by atoms with Crippen LogP contribution < -0.4 is 14.8 Å². The minimum Gasteiger partial charge on any atom is -0.486 e. The molecule has 22 heavy (non-hydrogen) atoms. The number of benzene rings is 1. The van der Waals surface area contributed by atoms with Crippen LogP contribution in [0.3, 0.4) is 0 Å². The number of amides is 1. The normalized spacial score (nSPS) is 13.3. The maximum Gasteiger partial charge on any atom is 0.248 e. The van der Waals surface area contributed by atoms with Gasteiger partial charge in [-0.1, -0.05) is 0 Å². The summed E-state index contributed by atoms with van der Waals surface area (Å²) in [5, 5.41) is 6.86. The van der Waals surface area contributed by atoms with Crippen molar-refractivity contribution in [2.45, 2.75) is 4.90 Å². The van der Waals surface area contributed by atoms with Crippen LogP contribution in [0.5, 0.6) is 11.5 Å². The maximum atomic E-state index is 12.1. The Labute approximate surface area is 137 Å². The average molecular weight is 333 g/mol. The predicted molar refractivity (Wildman–Crippen MR) is 91.2 cm³/mol. The number of rotatable bonds is 4. The van der Waals surface area contributed by atoms with Gasteiger partial charge in [0.1, 0.15) is 13.2 Å². The summed E-state index contributed by atoms with van der Waals surface area (Å²) in [6.45, 7) is 1.08. The van der Waals surface area contributed by atoms with Gasteiger partial charge in [-0.3, -0.25) is 4.79 Å². The Kier molecular flexibility index (Phi) is 4.70. The molecular formula is C16H15NO3S2. The summed E-state index contributed by atoms with van der Waals surface area (Å²) in [6.07, 6.45) is 5.29. The molecule has 0 saturated carbocycles. The van der Waals surface area contributed by atoms with Crippen molar-refractivity contribution in [1.82, 2.24) is 0 Å². The first-order chi connectivity index (χ1) is 10.8. The third kappa shape index (κ3) is 3.45. The Hall–Kier alpha value is -1.92. The molecule has 2 heterocycles. The molecule has 6 heteroatoms. The van der Waals surface area contributed by atoms with Crippen LogP contribution in [-0.4, -0.2) is 25.4 Å². The molecular weight excluding hydrogens is 318 g/mol. The molecule has 1 aromatic heterocycles. The number of carbonyl (C=O) groups is 1. The molecule has 0 unspecified atom stereocenters. The second kappa shape index (κ2) is 6.89. The zero-order chi connectivity index (χ0) is 15.4. The lowest BCUT2D eigenvalue weighted by Gasteiger charge is -2.20. The summed E-state index contributed by atoms with van der Waals surface area (Å²) in [6, 6.07) is 5.68. The Morgan fingerprint density at radius 3 is 2.77 bits per heavy atom. The van der Waals surface area contributed by atoms with E-state index in [1.165, 1.54) is 6.08 Å². The molecule has 0 fully saturated rings. The number of ether oxygens (including phenoxy) is 2. The molecule has 114 valence electrons. The van der Waals surface area contributed by atoms with Crippen molar-refractivity contribution in [3.05, 3.63) is 40.6 Å². The van der Waals surface area contributed by atoms with E-state index in [-0.39, 0.29) is 5.91 Å². The number of carbonyl (C=O) groups excluding carboxylic acids is 1. The first kappa shape index (κ1) is 15.0. The molecule has 0 aliphatic carbocycles. The van der Waals surface area contributed by atoms with E-state index in [0.29, 0.717) is 19.0 Å². The lowest BCUT2D eigenvalue weighted by Crippen LogP contribution is -2.16. The number of anilines is 1. The van der Waals surface area contributed by atoms with Crippen molar-refractivity contribution < 1.29 is 14.3 Å². The second-order valence-electron chi connectivity index (χ2n) is 4.58. The van der Waals surface area contributed by atoms with Crippen molar-refractivity contribution in [2.24, 2.45) is 0 Å². The minimum atomic E-state index is -0.168.